The highest BCUT2D eigenvalue weighted by Crippen LogP contribution is 2.44. The standard InChI is InChI=1S/C36H62O31/c37-1-12-18(44)24(50)25(51)31(61-12)67-36(30(56)22(48)16(5-41)65-36)11-60-35(29(55)23(49)17(66-35)6-57-32(7-42)26(52)19(45)13(2-38)62-32)10-59-34(28(54)21(47)15(4-40)64-34)9-58-33(8-43)27(53)20(46)14(3-39)63-33/h12-31,37-56H,1-11H2/t12-,13-,14-,15-,16-,17-,18-,19-,20-,21-,22-,23-,24+,25-,26+,27+,28+,29+,30+,31-,32-,33?,34-,35-,36-/m1/s1. The summed E-state index contributed by atoms with van der Waals surface area (Å²) in [5, 5.41) is 211. The molecule has 0 amide bonds. The van der Waals surface area contributed by atoms with E-state index in [1.807, 2.05) is 0 Å². The summed E-state index contributed by atoms with van der Waals surface area (Å²) < 4.78 is 62.4. The molecule has 31 nitrogen and oxygen atoms in total. The first-order chi connectivity index (χ1) is 31.6. The van der Waals surface area contributed by atoms with Crippen molar-refractivity contribution in [3.8, 4) is 0 Å². The van der Waals surface area contributed by atoms with Gasteiger partial charge in [-0.3, -0.25) is 0 Å². The Morgan fingerprint density at radius 1 is 0.313 bits per heavy atom. The Bertz CT molecular complexity index is 1590. The fraction of sp³-hybridized carbons (Fsp3) is 1.00. The highest BCUT2D eigenvalue weighted by Gasteiger charge is 2.66. The maximum Gasteiger partial charge on any atom is 0.224 e. The van der Waals surface area contributed by atoms with E-state index < -0.39 is 224 Å². The maximum absolute atomic E-state index is 11.8. The average molecular weight is 991 g/mol. The Balaban J connectivity index is 1.36. The molecule has 0 bridgehead atoms. The summed E-state index contributed by atoms with van der Waals surface area (Å²) in [6, 6.07) is 0. The molecule has 67 heavy (non-hydrogen) atoms. The quantitative estimate of drug-likeness (QED) is 0.0508. The number of ether oxygens (including phenoxy) is 11. The van der Waals surface area contributed by atoms with Crippen LogP contribution in [0.15, 0.2) is 0 Å². The van der Waals surface area contributed by atoms with E-state index in [2.05, 4.69) is 0 Å². The summed E-state index contributed by atoms with van der Waals surface area (Å²) in [6.07, 6.45) is -39.7. The predicted octanol–water partition coefficient (Wildman–Crippen LogP) is -14.1. The minimum absolute atomic E-state index is 0.871. The monoisotopic (exact) mass is 990 g/mol. The van der Waals surface area contributed by atoms with Crippen molar-refractivity contribution in [2.45, 2.75) is 151 Å². The van der Waals surface area contributed by atoms with Gasteiger partial charge in [0.05, 0.1) is 39.6 Å². The summed E-state index contributed by atoms with van der Waals surface area (Å²) in [5.41, 5.74) is 0. The molecule has 6 saturated heterocycles. The van der Waals surface area contributed by atoms with Crippen molar-refractivity contribution in [3.05, 3.63) is 0 Å². The normalized spacial score (nSPS) is 52.5. The molecule has 0 aliphatic carbocycles. The van der Waals surface area contributed by atoms with Crippen LogP contribution in [0.5, 0.6) is 0 Å². The third kappa shape index (κ3) is 9.75. The maximum atomic E-state index is 11.8. The Kier molecular flexibility index (Phi) is 17.6. The van der Waals surface area contributed by atoms with Gasteiger partial charge in [0.1, 0.15) is 149 Å². The molecular formula is C36H62O31. The van der Waals surface area contributed by atoms with Crippen molar-refractivity contribution in [2.75, 3.05) is 72.7 Å². The van der Waals surface area contributed by atoms with E-state index in [9.17, 15) is 102 Å². The number of aliphatic hydroxyl groups excluding tert-OH is 20. The van der Waals surface area contributed by atoms with Crippen LogP contribution in [0.25, 0.3) is 0 Å². The van der Waals surface area contributed by atoms with E-state index in [1.165, 1.54) is 0 Å². The van der Waals surface area contributed by atoms with Crippen LogP contribution in [0.4, 0.5) is 0 Å². The fourth-order valence-electron chi connectivity index (χ4n) is 8.67. The molecular weight excluding hydrogens is 928 g/mol. The summed E-state index contributed by atoms with van der Waals surface area (Å²) in [4.78, 5) is 0. The van der Waals surface area contributed by atoms with Gasteiger partial charge in [-0.25, -0.2) is 0 Å². The van der Waals surface area contributed by atoms with E-state index in [4.69, 9.17) is 52.1 Å². The number of rotatable bonds is 21. The molecule has 6 rings (SSSR count). The van der Waals surface area contributed by atoms with Crippen molar-refractivity contribution in [2.24, 2.45) is 0 Å². The van der Waals surface area contributed by atoms with Gasteiger partial charge in [0.2, 0.25) is 28.9 Å². The summed E-state index contributed by atoms with van der Waals surface area (Å²) >= 11 is 0. The van der Waals surface area contributed by atoms with E-state index in [0.29, 0.717) is 0 Å². The topological polar surface area (TPSA) is 506 Å². The molecule has 25 atom stereocenters. The molecule has 0 saturated carbocycles. The summed E-state index contributed by atoms with van der Waals surface area (Å²) in [6.45, 7) is -12.3. The lowest BCUT2D eigenvalue weighted by atomic mass is 9.99. The first-order valence-electron chi connectivity index (χ1n) is 21.0. The van der Waals surface area contributed by atoms with Crippen LogP contribution >= 0.6 is 0 Å². The smallest absolute Gasteiger partial charge is 0.224 e. The van der Waals surface area contributed by atoms with Gasteiger partial charge in [0.15, 0.2) is 6.29 Å². The molecule has 6 aliphatic heterocycles. The van der Waals surface area contributed by atoms with Crippen LogP contribution < -0.4 is 0 Å². The zero-order chi connectivity index (χ0) is 49.6. The molecule has 392 valence electrons. The molecule has 6 aliphatic rings. The molecule has 31 heteroatoms. The minimum atomic E-state index is -3.01. The number of aliphatic hydroxyl groups is 20. The van der Waals surface area contributed by atoms with Crippen LogP contribution in [0, 0.1) is 0 Å². The molecule has 0 aromatic rings. The van der Waals surface area contributed by atoms with E-state index in [1.54, 1.807) is 0 Å². The van der Waals surface area contributed by atoms with Crippen LogP contribution in [-0.4, -0.2) is 326 Å². The van der Waals surface area contributed by atoms with Gasteiger partial charge in [0, 0.05) is 0 Å². The Hall–Kier alpha value is -1.24. The largest absolute Gasteiger partial charge is 0.394 e. The van der Waals surface area contributed by atoms with Crippen molar-refractivity contribution in [3.63, 3.8) is 0 Å². The third-order valence-electron chi connectivity index (χ3n) is 12.9. The van der Waals surface area contributed by atoms with Gasteiger partial charge < -0.3 is 154 Å². The van der Waals surface area contributed by atoms with E-state index in [-0.39, 0.29) is 0 Å². The molecule has 6 heterocycles. The van der Waals surface area contributed by atoms with Gasteiger partial charge in [-0.1, -0.05) is 0 Å². The van der Waals surface area contributed by atoms with E-state index >= 15 is 0 Å². The Morgan fingerprint density at radius 2 is 0.627 bits per heavy atom. The summed E-state index contributed by atoms with van der Waals surface area (Å²) in [5.74, 6) is -13.9. The van der Waals surface area contributed by atoms with Crippen LogP contribution in [0.1, 0.15) is 0 Å². The van der Waals surface area contributed by atoms with Crippen molar-refractivity contribution < 1.29 is 154 Å². The number of hydrogen-bond acceptors (Lipinski definition) is 31. The lowest BCUT2D eigenvalue weighted by Gasteiger charge is -2.45. The minimum Gasteiger partial charge on any atom is -0.394 e. The lowest BCUT2D eigenvalue weighted by molar-refractivity contribution is -0.406. The highest BCUT2D eigenvalue weighted by molar-refractivity contribution is 5.05. The average Bonchev–Trinajstić information content (AvgIpc) is 4.00. The van der Waals surface area contributed by atoms with Crippen molar-refractivity contribution in [1.82, 2.24) is 0 Å². The van der Waals surface area contributed by atoms with Gasteiger partial charge in [-0.05, 0) is 0 Å². The van der Waals surface area contributed by atoms with Crippen LogP contribution in [0.2, 0.25) is 0 Å². The first-order valence-corrected chi connectivity index (χ1v) is 21.0. The zero-order valence-corrected chi connectivity index (χ0v) is 35.3. The van der Waals surface area contributed by atoms with Crippen molar-refractivity contribution in [1.29, 1.82) is 0 Å². The molecule has 20 N–H and O–H groups in total. The molecule has 1 unspecified atom stereocenters. The number of hydrogen-bond donors (Lipinski definition) is 20. The molecule has 0 aromatic carbocycles. The molecule has 0 radical (unpaired) electrons. The van der Waals surface area contributed by atoms with Gasteiger partial charge in [-0.2, -0.15) is 0 Å². The second-order valence-corrected chi connectivity index (χ2v) is 17.1. The molecule has 0 spiro atoms. The van der Waals surface area contributed by atoms with Crippen molar-refractivity contribution >= 4 is 0 Å². The Labute approximate surface area is 378 Å². The van der Waals surface area contributed by atoms with Gasteiger partial charge in [0.25, 0.3) is 0 Å². The summed E-state index contributed by atoms with van der Waals surface area (Å²) in [7, 11) is 0. The first kappa shape index (κ1) is 55.1. The molecule has 0 aromatic heterocycles. The van der Waals surface area contributed by atoms with E-state index in [0.717, 1.165) is 0 Å². The van der Waals surface area contributed by atoms with Gasteiger partial charge >= 0.3 is 0 Å². The SMILES string of the molecule is OC[C@H]1OC(CO)(OC[C@@]2(OC[C@@]3(OC[C@]4(O[C@H]5O[C@H](CO)[C@@H](O)[C@H](O)[C@H]5O)O[C@H](CO)[C@@H](O)[C@@H]4O)O[C@H](CO[C@]4(CO)O[C@H](CO)[C@@H](O)[C@@H]4O)[C@@H](O)[C@@H]3O)O[C@H](CO)[C@@H](O)[C@@H]2O)[C@@H](O)[C@@H]1O. The third-order valence-corrected chi connectivity index (χ3v) is 12.9. The lowest BCUT2D eigenvalue weighted by Crippen LogP contribution is -2.63. The van der Waals surface area contributed by atoms with Crippen LogP contribution in [-0.2, 0) is 52.1 Å². The molecule has 6 fully saturated rings. The highest BCUT2D eigenvalue weighted by atomic mass is 16.8. The predicted molar refractivity (Wildman–Crippen MR) is 199 cm³/mol. The van der Waals surface area contributed by atoms with Crippen LogP contribution in [0.3, 0.4) is 0 Å². The zero-order valence-electron chi connectivity index (χ0n) is 35.3. The fourth-order valence-corrected chi connectivity index (χ4v) is 8.67. The second-order valence-electron chi connectivity index (χ2n) is 17.1. The van der Waals surface area contributed by atoms with Gasteiger partial charge in [-0.15, -0.1) is 0 Å². The Morgan fingerprint density at radius 3 is 1.03 bits per heavy atom. The second kappa shape index (κ2) is 21.5.